The molecule has 10 heteroatoms. The van der Waals surface area contributed by atoms with Gasteiger partial charge in [0.05, 0.1) is 24.1 Å². The largest absolute Gasteiger partial charge is 0.491 e. The van der Waals surface area contributed by atoms with Crippen LogP contribution in [0.3, 0.4) is 0 Å². The lowest BCUT2D eigenvalue weighted by Gasteiger charge is -2.15. The van der Waals surface area contributed by atoms with Gasteiger partial charge in [0.25, 0.3) is 5.91 Å². The van der Waals surface area contributed by atoms with Crippen LogP contribution >= 0.6 is 0 Å². The molecule has 2 aromatic heterocycles. The molecule has 3 aromatic rings. The Hall–Kier alpha value is -3.66. The van der Waals surface area contributed by atoms with E-state index in [0.717, 1.165) is 43.8 Å². The molecule has 0 radical (unpaired) electrons. The number of nitrogens with two attached hydrogens (primary N) is 1. The van der Waals surface area contributed by atoms with Gasteiger partial charge in [-0.3, -0.25) is 9.78 Å². The highest BCUT2D eigenvalue weighted by atomic mass is 19.1. The summed E-state index contributed by atoms with van der Waals surface area (Å²) in [6, 6.07) is 5.47. The second kappa shape index (κ2) is 11.5. The van der Waals surface area contributed by atoms with Crippen molar-refractivity contribution >= 4 is 17.3 Å². The van der Waals surface area contributed by atoms with Crippen LogP contribution in [0, 0.1) is 23.4 Å². The summed E-state index contributed by atoms with van der Waals surface area (Å²) >= 11 is 0. The summed E-state index contributed by atoms with van der Waals surface area (Å²) in [4.78, 5) is 20.7. The van der Waals surface area contributed by atoms with Crippen molar-refractivity contribution in [3.8, 4) is 17.0 Å². The van der Waals surface area contributed by atoms with Gasteiger partial charge in [0.2, 0.25) is 0 Å². The molecule has 0 saturated carbocycles. The minimum Gasteiger partial charge on any atom is -0.491 e. The minimum absolute atomic E-state index is 0.257. The third-order valence-corrected chi connectivity index (χ3v) is 5.09. The fourth-order valence-corrected chi connectivity index (χ4v) is 3.43. The second-order valence-corrected chi connectivity index (χ2v) is 7.35. The summed E-state index contributed by atoms with van der Waals surface area (Å²) in [7, 11) is 0. The molecule has 0 bridgehead atoms. The van der Waals surface area contributed by atoms with Crippen LogP contribution in [0.15, 0.2) is 42.7 Å². The average molecular weight is 473 g/mol. The van der Waals surface area contributed by atoms with Crippen molar-refractivity contribution in [2.75, 3.05) is 30.7 Å². The monoisotopic (exact) mass is 473 g/mol. The number of amides is 1. The van der Waals surface area contributed by atoms with E-state index in [1.165, 1.54) is 12.4 Å². The van der Waals surface area contributed by atoms with Gasteiger partial charge in [-0.25, -0.2) is 18.2 Å². The molecular weight excluding hydrogens is 447 g/mol. The van der Waals surface area contributed by atoms with Crippen LogP contribution in [0.4, 0.5) is 24.5 Å². The van der Waals surface area contributed by atoms with Crippen molar-refractivity contribution in [1.29, 1.82) is 0 Å². The standard InChI is InChI=1S/C22H20F3N5O2.C2H6/c23-13-2-1-3-14(24)19(13)20-15(25)8-16(26)21(30-20)22(31)29-17-10-28-7-5-18(17)32-11-12-4-6-27-9-12;1-2/h1-3,5,7-8,10,12,27H,4,6,9,11,26H2,(H,29,31);1-2H3. The second-order valence-electron chi connectivity index (χ2n) is 7.35. The molecule has 1 amide bonds. The molecule has 0 aliphatic carbocycles. The van der Waals surface area contributed by atoms with Gasteiger partial charge in [-0.2, -0.15) is 0 Å². The number of nitrogen functional groups attached to an aromatic ring is 1. The Labute approximate surface area is 195 Å². The maximum Gasteiger partial charge on any atom is 0.276 e. The lowest BCUT2D eigenvalue weighted by Crippen LogP contribution is -2.19. The number of carbonyl (C=O) groups is 1. The third kappa shape index (κ3) is 5.63. The van der Waals surface area contributed by atoms with E-state index in [0.29, 0.717) is 18.3 Å². The van der Waals surface area contributed by atoms with Crippen LogP contribution in [-0.4, -0.2) is 35.6 Å². The number of carbonyl (C=O) groups excluding carboxylic acids is 1. The van der Waals surface area contributed by atoms with Gasteiger partial charge < -0.3 is 21.1 Å². The van der Waals surface area contributed by atoms with Crippen LogP contribution in [0.5, 0.6) is 5.75 Å². The highest BCUT2D eigenvalue weighted by Gasteiger charge is 2.23. The van der Waals surface area contributed by atoms with E-state index >= 15 is 0 Å². The SMILES string of the molecule is CC.Nc1cc(F)c(-c2c(F)cccc2F)nc1C(=O)Nc1cnccc1OCC1CCNC1. The Morgan fingerprint density at radius 2 is 1.94 bits per heavy atom. The van der Waals surface area contributed by atoms with Gasteiger partial charge in [0.1, 0.15) is 28.8 Å². The Kier molecular flexibility index (Phi) is 8.42. The summed E-state index contributed by atoms with van der Waals surface area (Å²) in [5, 5.41) is 5.82. The first-order valence-corrected chi connectivity index (χ1v) is 10.9. The number of nitrogens with one attached hydrogen (secondary N) is 2. The molecular formula is C24H26F3N5O2. The molecule has 1 aliphatic heterocycles. The molecule has 1 unspecified atom stereocenters. The number of nitrogens with zero attached hydrogens (tertiary/aromatic N) is 2. The fraction of sp³-hybridized carbons (Fsp3) is 0.292. The van der Waals surface area contributed by atoms with Gasteiger partial charge >= 0.3 is 0 Å². The van der Waals surface area contributed by atoms with Crippen molar-refractivity contribution in [2.45, 2.75) is 20.3 Å². The fourth-order valence-electron chi connectivity index (χ4n) is 3.43. The van der Waals surface area contributed by atoms with Gasteiger partial charge in [0.15, 0.2) is 11.5 Å². The molecule has 1 fully saturated rings. The van der Waals surface area contributed by atoms with E-state index in [2.05, 4.69) is 20.6 Å². The first-order chi connectivity index (χ1) is 16.4. The predicted molar refractivity (Wildman–Crippen MR) is 124 cm³/mol. The zero-order valence-corrected chi connectivity index (χ0v) is 18.9. The van der Waals surface area contributed by atoms with E-state index in [4.69, 9.17) is 10.5 Å². The number of hydrogen-bond donors (Lipinski definition) is 3. The minimum atomic E-state index is -1.06. The molecule has 4 N–H and O–H groups in total. The topological polar surface area (TPSA) is 102 Å². The van der Waals surface area contributed by atoms with Crippen LogP contribution in [-0.2, 0) is 0 Å². The number of hydrogen-bond acceptors (Lipinski definition) is 6. The summed E-state index contributed by atoms with van der Waals surface area (Å²) in [5.41, 5.74) is 4.01. The molecule has 1 atom stereocenters. The number of aromatic nitrogens is 2. The summed E-state index contributed by atoms with van der Waals surface area (Å²) in [6.07, 6.45) is 3.89. The maximum absolute atomic E-state index is 14.4. The number of anilines is 2. The lowest BCUT2D eigenvalue weighted by molar-refractivity contribution is 0.102. The van der Waals surface area contributed by atoms with Gasteiger partial charge in [-0.05, 0) is 25.1 Å². The average Bonchev–Trinajstić information content (AvgIpc) is 3.34. The van der Waals surface area contributed by atoms with Gasteiger partial charge in [0, 0.05) is 30.8 Å². The van der Waals surface area contributed by atoms with Crippen LogP contribution in [0.2, 0.25) is 0 Å². The molecule has 180 valence electrons. The smallest absolute Gasteiger partial charge is 0.276 e. The van der Waals surface area contributed by atoms with Crippen LogP contribution < -0.4 is 21.1 Å². The first kappa shape index (κ1) is 25.0. The molecule has 1 aliphatic rings. The maximum atomic E-state index is 14.4. The van der Waals surface area contributed by atoms with Crippen LogP contribution in [0.1, 0.15) is 30.8 Å². The summed E-state index contributed by atoms with van der Waals surface area (Å²) < 4.78 is 48.6. The van der Waals surface area contributed by atoms with Gasteiger partial charge in [-0.15, -0.1) is 0 Å². The predicted octanol–water partition coefficient (Wildman–Crippen LogP) is 4.41. The number of rotatable bonds is 6. The molecule has 0 spiro atoms. The zero-order valence-electron chi connectivity index (χ0n) is 18.9. The van der Waals surface area contributed by atoms with Crippen molar-refractivity contribution in [1.82, 2.24) is 15.3 Å². The van der Waals surface area contributed by atoms with Crippen molar-refractivity contribution in [3.05, 3.63) is 65.9 Å². The molecule has 4 rings (SSSR count). The lowest BCUT2D eigenvalue weighted by atomic mass is 10.1. The van der Waals surface area contributed by atoms with E-state index in [1.54, 1.807) is 6.07 Å². The Balaban J connectivity index is 0.00000158. The number of ether oxygens (including phenoxy) is 1. The van der Waals surface area contributed by atoms with E-state index in [-0.39, 0.29) is 17.1 Å². The van der Waals surface area contributed by atoms with E-state index in [1.807, 2.05) is 13.8 Å². The molecule has 1 aromatic carbocycles. The molecule has 1 saturated heterocycles. The third-order valence-electron chi connectivity index (χ3n) is 5.09. The van der Waals surface area contributed by atoms with Crippen LogP contribution in [0.25, 0.3) is 11.3 Å². The number of halogens is 3. The van der Waals surface area contributed by atoms with E-state index in [9.17, 15) is 18.0 Å². The molecule has 34 heavy (non-hydrogen) atoms. The van der Waals surface area contributed by atoms with E-state index < -0.39 is 34.6 Å². The summed E-state index contributed by atoms with van der Waals surface area (Å²) in [5.74, 6) is -3.16. The normalized spacial score (nSPS) is 14.8. The number of benzene rings is 1. The highest BCUT2D eigenvalue weighted by Crippen LogP contribution is 2.30. The van der Waals surface area contributed by atoms with Crippen molar-refractivity contribution < 1.29 is 22.7 Å². The van der Waals surface area contributed by atoms with Crippen molar-refractivity contribution in [3.63, 3.8) is 0 Å². The molecule has 3 heterocycles. The zero-order chi connectivity index (χ0) is 24.7. The number of pyridine rings is 2. The van der Waals surface area contributed by atoms with Gasteiger partial charge in [-0.1, -0.05) is 19.9 Å². The summed E-state index contributed by atoms with van der Waals surface area (Å²) in [6.45, 7) is 6.22. The Morgan fingerprint density at radius 3 is 2.62 bits per heavy atom. The Bertz CT molecular complexity index is 1130. The highest BCUT2D eigenvalue weighted by molar-refractivity contribution is 6.07. The van der Waals surface area contributed by atoms with Crippen molar-refractivity contribution in [2.24, 2.45) is 5.92 Å². The quantitative estimate of drug-likeness (QED) is 0.490. The first-order valence-electron chi connectivity index (χ1n) is 10.9. The molecule has 7 nitrogen and oxygen atoms in total. The Morgan fingerprint density at radius 1 is 1.21 bits per heavy atom.